The van der Waals surface area contributed by atoms with Crippen molar-refractivity contribution in [3.05, 3.63) is 0 Å². The van der Waals surface area contributed by atoms with Crippen LogP contribution in [-0.4, -0.2) is 48.2 Å². The first kappa shape index (κ1) is 14.0. The van der Waals surface area contributed by atoms with E-state index in [9.17, 15) is 9.59 Å². The van der Waals surface area contributed by atoms with Crippen LogP contribution in [0.25, 0.3) is 0 Å². The summed E-state index contributed by atoms with van der Waals surface area (Å²) in [7, 11) is 1.36. The number of esters is 1. The maximum atomic E-state index is 12.0. The Bertz CT molecular complexity index is 290. The van der Waals surface area contributed by atoms with Crippen molar-refractivity contribution in [2.45, 2.75) is 32.7 Å². The van der Waals surface area contributed by atoms with Gasteiger partial charge in [-0.1, -0.05) is 13.8 Å². The number of hydrogen-bond donors (Lipinski definition) is 1. The van der Waals surface area contributed by atoms with Gasteiger partial charge in [0.15, 0.2) is 0 Å². The highest BCUT2D eigenvalue weighted by atomic mass is 16.5. The van der Waals surface area contributed by atoms with Crippen molar-refractivity contribution in [1.82, 2.24) is 4.90 Å². The second-order valence-corrected chi connectivity index (χ2v) is 4.77. The van der Waals surface area contributed by atoms with E-state index in [1.807, 2.05) is 13.8 Å². The van der Waals surface area contributed by atoms with Crippen LogP contribution in [0, 0.1) is 11.8 Å². The zero-order valence-electron chi connectivity index (χ0n) is 10.7. The Kier molecular flexibility index (Phi) is 4.93. The summed E-state index contributed by atoms with van der Waals surface area (Å²) in [6, 6.07) is -0.0426. The highest BCUT2D eigenvalue weighted by Crippen LogP contribution is 2.27. The van der Waals surface area contributed by atoms with E-state index in [4.69, 9.17) is 9.84 Å². The monoisotopic (exact) mass is 243 g/mol. The van der Waals surface area contributed by atoms with E-state index in [1.165, 1.54) is 7.11 Å². The summed E-state index contributed by atoms with van der Waals surface area (Å²) in [6.45, 7) is 4.11. The number of methoxy groups -OCH3 is 1. The molecule has 0 saturated carbocycles. The van der Waals surface area contributed by atoms with E-state index in [2.05, 4.69) is 0 Å². The summed E-state index contributed by atoms with van der Waals surface area (Å²) >= 11 is 0. The summed E-state index contributed by atoms with van der Waals surface area (Å²) in [4.78, 5) is 25.2. The predicted molar refractivity (Wildman–Crippen MR) is 62.2 cm³/mol. The molecule has 1 aliphatic rings. The molecule has 5 nitrogen and oxygen atoms in total. The zero-order chi connectivity index (χ0) is 13.0. The van der Waals surface area contributed by atoms with Crippen LogP contribution < -0.4 is 0 Å². The van der Waals surface area contributed by atoms with E-state index in [-0.39, 0.29) is 36.4 Å². The third-order valence-corrected chi connectivity index (χ3v) is 3.19. The number of nitrogens with zero attached hydrogens (tertiary/aromatic N) is 1. The van der Waals surface area contributed by atoms with E-state index in [1.54, 1.807) is 4.90 Å². The minimum absolute atomic E-state index is 0.0282. The predicted octanol–water partition coefficient (Wildman–Crippen LogP) is 0.415. The number of rotatable bonds is 4. The van der Waals surface area contributed by atoms with Gasteiger partial charge in [-0.05, 0) is 12.8 Å². The maximum absolute atomic E-state index is 12.0. The van der Waals surface area contributed by atoms with Crippen LogP contribution in [0.4, 0.5) is 0 Å². The Hall–Kier alpha value is -1.10. The smallest absolute Gasteiger partial charge is 0.310 e. The van der Waals surface area contributed by atoms with Crippen molar-refractivity contribution in [2.24, 2.45) is 11.8 Å². The Morgan fingerprint density at radius 3 is 2.59 bits per heavy atom. The highest BCUT2D eigenvalue weighted by molar-refractivity contribution is 5.81. The first-order valence-corrected chi connectivity index (χ1v) is 6.00. The molecule has 1 rings (SSSR count). The van der Waals surface area contributed by atoms with Crippen LogP contribution in [0.3, 0.4) is 0 Å². The normalized spacial score (nSPS) is 24.2. The van der Waals surface area contributed by atoms with Crippen LogP contribution in [0.5, 0.6) is 0 Å². The van der Waals surface area contributed by atoms with Crippen LogP contribution >= 0.6 is 0 Å². The minimum atomic E-state index is -0.271. The topological polar surface area (TPSA) is 66.8 Å². The highest BCUT2D eigenvalue weighted by Gasteiger charge is 2.39. The molecule has 0 radical (unpaired) electrons. The van der Waals surface area contributed by atoms with Crippen molar-refractivity contribution < 1.29 is 19.4 Å². The molecule has 0 aromatic carbocycles. The Balaban J connectivity index is 2.73. The second-order valence-electron chi connectivity index (χ2n) is 4.77. The fourth-order valence-corrected chi connectivity index (χ4v) is 2.28. The molecule has 0 bridgehead atoms. The van der Waals surface area contributed by atoms with Crippen LogP contribution in [0.2, 0.25) is 0 Å². The molecule has 1 heterocycles. The number of likely N-dealkylation sites (tertiary alicyclic amines) is 1. The number of carbonyl (C=O) groups is 2. The number of carbonyl (C=O) groups excluding carboxylic acids is 2. The number of amides is 1. The van der Waals surface area contributed by atoms with Gasteiger partial charge < -0.3 is 14.7 Å². The Labute approximate surface area is 102 Å². The maximum Gasteiger partial charge on any atom is 0.310 e. The van der Waals surface area contributed by atoms with Crippen LogP contribution in [-0.2, 0) is 14.3 Å². The molecular weight excluding hydrogens is 222 g/mol. The zero-order valence-corrected chi connectivity index (χ0v) is 10.7. The third-order valence-electron chi connectivity index (χ3n) is 3.19. The third kappa shape index (κ3) is 3.19. The summed E-state index contributed by atoms with van der Waals surface area (Å²) in [5.74, 6) is -0.575. The lowest BCUT2D eigenvalue weighted by Crippen LogP contribution is -2.39. The van der Waals surface area contributed by atoms with E-state index in [0.717, 1.165) is 0 Å². The van der Waals surface area contributed by atoms with E-state index in [0.29, 0.717) is 19.4 Å². The van der Waals surface area contributed by atoms with Crippen molar-refractivity contribution in [3.8, 4) is 0 Å². The molecule has 0 aliphatic carbocycles. The number of aliphatic hydroxyl groups is 1. The molecule has 0 unspecified atom stereocenters. The molecule has 1 saturated heterocycles. The van der Waals surface area contributed by atoms with Gasteiger partial charge in [0.1, 0.15) is 0 Å². The SMILES string of the molecule is COC(=O)[C@H]1C[C@@H](CCO)N(C(=O)C(C)C)C1. The lowest BCUT2D eigenvalue weighted by atomic mass is 10.0. The first-order chi connectivity index (χ1) is 8.01. The minimum Gasteiger partial charge on any atom is -0.469 e. The number of aliphatic hydroxyl groups excluding tert-OH is 1. The largest absolute Gasteiger partial charge is 0.469 e. The van der Waals surface area contributed by atoms with Gasteiger partial charge in [0.25, 0.3) is 0 Å². The lowest BCUT2D eigenvalue weighted by Gasteiger charge is -2.25. The standard InChI is InChI=1S/C12H21NO4/c1-8(2)11(15)13-7-9(12(16)17-3)6-10(13)4-5-14/h8-10,14H,4-7H2,1-3H3/t9-,10+/m0/s1. The molecular formula is C12H21NO4. The fourth-order valence-electron chi connectivity index (χ4n) is 2.28. The van der Waals surface area contributed by atoms with Gasteiger partial charge in [-0.2, -0.15) is 0 Å². The van der Waals surface area contributed by atoms with Gasteiger partial charge >= 0.3 is 5.97 Å². The lowest BCUT2D eigenvalue weighted by molar-refractivity contribution is -0.145. The Morgan fingerprint density at radius 2 is 2.12 bits per heavy atom. The molecule has 1 aliphatic heterocycles. The molecule has 0 aromatic rings. The molecule has 1 N–H and O–H groups in total. The van der Waals surface area contributed by atoms with Crippen LogP contribution in [0.1, 0.15) is 26.7 Å². The average Bonchev–Trinajstić information content (AvgIpc) is 2.71. The van der Waals surface area contributed by atoms with Gasteiger partial charge in [-0.25, -0.2) is 0 Å². The molecule has 1 fully saturated rings. The van der Waals surface area contributed by atoms with Gasteiger partial charge in [-0.15, -0.1) is 0 Å². The number of ether oxygens (including phenoxy) is 1. The summed E-state index contributed by atoms with van der Waals surface area (Å²) in [5.41, 5.74) is 0. The molecule has 5 heteroatoms. The molecule has 2 atom stereocenters. The van der Waals surface area contributed by atoms with Gasteiger partial charge in [0.2, 0.25) is 5.91 Å². The summed E-state index contributed by atoms with van der Waals surface area (Å²) in [6.07, 6.45) is 1.11. The molecule has 1 amide bonds. The van der Waals surface area contributed by atoms with Gasteiger partial charge in [0.05, 0.1) is 13.0 Å². The number of hydrogen-bond acceptors (Lipinski definition) is 4. The van der Waals surface area contributed by atoms with Crippen molar-refractivity contribution >= 4 is 11.9 Å². The van der Waals surface area contributed by atoms with E-state index >= 15 is 0 Å². The molecule has 98 valence electrons. The van der Waals surface area contributed by atoms with Crippen LogP contribution in [0.15, 0.2) is 0 Å². The molecule has 0 aromatic heterocycles. The van der Waals surface area contributed by atoms with E-state index < -0.39 is 0 Å². The first-order valence-electron chi connectivity index (χ1n) is 6.00. The van der Waals surface area contributed by atoms with Crippen molar-refractivity contribution in [1.29, 1.82) is 0 Å². The molecule has 17 heavy (non-hydrogen) atoms. The average molecular weight is 243 g/mol. The summed E-state index contributed by atoms with van der Waals surface area (Å²) < 4.78 is 4.71. The Morgan fingerprint density at radius 1 is 1.47 bits per heavy atom. The molecule has 0 spiro atoms. The quantitative estimate of drug-likeness (QED) is 0.726. The second kappa shape index (κ2) is 6.00. The fraction of sp³-hybridized carbons (Fsp3) is 0.833. The van der Waals surface area contributed by atoms with Gasteiger partial charge in [0, 0.05) is 25.1 Å². The van der Waals surface area contributed by atoms with Crippen molar-refractivity contribution in [3.63, 3.8) is 0 Å². The summed E-state index contributed by atoms with van der Waals surface area (Å²) in [5, 5.41) is 8.99. The van der Waals surface area contributed by atoms with Crippen molar-refractivity contribution in [2.75, 3.05) is 20.3 Å². The van der Waals surface area contributed by atoms with Gasteiger partial charge in [-0.3, -0.25) is 9.59 Å².